The van der Waals surface area contributed by atoms with Crippen LogP contribution in [-0.2, 0) is 4.74 Å². The molecular formula is C14H19FN2O2. The second-order valence-corrected chi connectivity index (χ2v) is 5.26. The minimum Gasteiger partial charge on any atom is -0.389 e. The van der Waals surface area contributed by atoms with Crippen molar-refractivity contribution in [1.29, 1.82) is 5.26 Å². The number of halogens is 1. The maximum Gasteiger partial charge on any atom is 0.124 e. The maximum atomic E-state index is 12.9. The molecular weight excluding hydrogens is 247 g/mol. The van der Waals surface area contributed by atoms with Gasteiger partial charge in [-0.2, -0.15) is 5.26 Å². The van der Waals surface area contributed by atoms with Crippen LogP contribution in [0.3, 0.4) is 0 Å². The number of aliphatic hydroxyl groups excluding tert-OH is 1. The molecule has 1 aromatic rings. The third kappa shape index (κ3) is 5.69. The van der Waals surface area contributed by atoms with Gasteiger partial charge in [0.25, 0.3) is 0 Å². The van der Waals surface area contributed by atoms with Crippen LogP contribution in [0.5, 0.6) is 0 Å². The van der Waals surface area contributed by atoms with Crippen molar-refractivity contribution in [2.45, 2.75) is 32.5 Å². The van der Waals surface area contributed by atoms with Crippen LogP contribution in [0.15, 0.2) is 18.2 Å². The SMILES string of the molecule is CC(C)(C)OCC(O)CNc1ccc(F)cc1C#N. The molecule has 1 aromatic carbocycles. The molecule has 1 atom stereocenters. The van der Waals surface area contributed by atoms with Crippen LogP contribution >= 0.6 is 0 Å². The quantitative estimate of drug-likeness (QED) is 0.858. The molecule has 0 aliphatic rings. The van der Waals surface area contributed by atoms with Gasteiger partial charge in [-0.3, -0.25) is 0 Å². The predicted octanol–water partition coefficient (Wildman–Crippen LogP) is 2.29. The highest BCUT2D eigenvalue weighted by Crippen LogP contribution is 2.16. The van der Waals surface area contributed by atoms with Crippen LogP contribution in [0.2, 0.25) is 0 Å². The summed E-state index contributed by atoms with van der Waals surface area (Å²) in [6.07, 6.45) is -0.698. The molecule has 0 bridgehead atoms. The minimum atomic E-state index is -0.698. The molecule has 0 heterocycles. The summed E-state index contributed by atoms with van der Waals surface area (Å²) in [4.78, 5) is 0. The molecule has 0 fully saturated rings. The zero-order valence-electron chi connectivity index (χ0n) is 11.4. The van der Waals surface area contributed by atoms with Gasteiger partial charge in [-0.25, -0.2) is 4.39 Å². The molecule has 0 spiro atoms. The zero-order chi connectivity index (χ0) is 14.5. The number of rotatable bonds is 5. The number of benzene rings is 1. The van der Waals surface area contributed by atoms with Crippen LogP contribution < -0.4 is 5.32 Å². The number of aliphatic hydroxyl groups is 1. The average Bonchev–Trinajstić information content (AvgIpc) is 2.33. The third-order valence-electron chi connectivity index (χ3n) is 2.34. The Morgan fingerprint density at radius 3 is 2.74 bits per heavy atom. The van der Waals surface area contributed by atoms with E-state index >= 15 is 0 Å². The molecule has 0 aliphatic carbocycles. The molecule has 0 amide bonds. The number of nitriles is 1. The highest BCUT2D eigenvalue weighted by molar-refractivity contribution is 5.57. The molecule has 0 aliphatic heterocycles. The first-order valence-corrected chi connectivity index (χ1v) is 6.07. The van der Waals surface area contributed by atoms with Crippen LogP contribution in [0.1, 0.15) is 26.3 Å². The summed E-state index contributed by atoms with van der Waals surface area (Å²) in [7, 11) is 0. The summed E-state index contributed by atoms with van der Waals surface area (Å²) in [6.45, 7) is 6.14. The van der Waals surface area contributed by atoms with E-state index in [1.807, 2.05) is 26.8 Å². The summed E-state index contributed by atoms with van der Waals surface area (Å²) in [5, 5.41) is 21.5. The van der Waals surface area contributed by atoms with Crippen LogP contribution in [0, 0.1) is 17.1 Å². The van der Waals surface area contributed by atoms with E-state index in [0.717, 1.165) is 6.07 Å². The Labute approximate surface area is 112 Å². The van der Waals surface area contributed by atoms with Crippen LogP contribution in [0.25, 0.3) is 0 Å². The molecule has 4 nitrogen and oxygen atoms in total. The first kappa shape index (κ1) is 15.4. The van der Waals surface area contributed by atoms with E-state index in [1.165, 1.54) is 12.1 Å². The lowest BCUT2D eigenvalue weighted by Crippen LogP contribution is -2.30. The van der Waals surface area contributed by atoms with E-state index < -0.39 is 11.9 Å². The van der Waals surface area contributed by atoms with Gasteiger partial charge in [-0.15, -0.1) is 0 Å². The molecule has 0 aromatic heterocycles. The van der Waals surface area contributed by atoms with Crippen molar-refractivity contribution in [1.82, 2.24) is 0 Å². The predicted molar refractivity (Wildman–Crippen MR) is 71.3 cm³/mol. The van der Waals surface area contributed by atoms with Gasteiger partial charge in [-0.05, 0) is 39.0 Å². The van der Waals surface area contributed by atoms with Crippen molar-refractivity contribution >= 4 is 5.69 Å². The van der Waals surface area contributed by atoms with Gasteiger partial charge >= 0.3 is 0 Å². The van der Waals surface area contributed by atoms with Crippen LogP contribution in [0.4, 0.5) is 10.1 Å². The van der Waals surface area contributed by atoms with E-state index in [0.29, 0.717) is 5.69 Å². The lowest BCUT2D eigenvalue weighted by molar-refractivity contribution is -0.0449. The lowest BCUT2D eigenvalue weighted by atomic mass is 10.2. The van der Waals surface area contributed by atoms with Crippen molar-refractivity contribution in [3.8, 4) is 6.07 Å². The average molecular weight is 266 g/mol. The van der Waals surface area contributed by atoms with Gasteiger partial charge in [0.15, 0.2) is 0 Å². The molecule has 104 valence electrons. The Bertz CT molecular complexity index is 463. The first-order valence-electron chi connectivity index (χ1n) is 6.07. The Kier molecular flexibility index (Phi) is 5.28. The molecule has 1 unspecified atom stereocenters. The number of ether oxygens (including phenoxy) is 1. The number of nitrogens with zero attached hydrogens (tertiary/aromatic N) is 1. The van der Waals surface area contributed by atoms with Crippen LogP contribution in [-0.4, -0.2) is 30.0 Å². The number of hydrogen-bond acceptors (Lipinski definition) is 4. The Morgan fingerprint density at radius 1 is 1.47 bits per heavy atom. The first-order chi connectivity index (χ1) is 8.81. The highest BCUT2D eigenvalue weighted by Gasteiger charge is 2.14. The van der Waals surface area contributed by atoms with E-state index in [-0.39, 0.29) is 24.3 Å². The fourth-order valence-electron chi connectivity index (χ4n) is 1.40. The van der Waals surface area contributed by atoms with Crippen molar-refractivity contribution in [3.63, 3.8) is 0 Å². The summed E-state index contributed by atoms with van der Waals surface area (Å²) >= 11 is 0. The monoisotopic (exact) mass is 266 g/mol. The van der Waals surface area contributed by atoms with Gasteiger partial charge in [-0.1, -0.05) is 0 Å². The van der Waals surface area contributed by atoms with Gasteiger partial charge in [0.05, 0.1) is 29.6 Å². The highest BCUT2D eigenvalue weighted by atomic mass is 19.1. The fraction of sp³-hybridized carbons (Fsp3) is 0.500. The largest absolute Gasteiger partial charge is 0.389 e. The van der Waals surface area contributed by atoms with Crippen molar-refractivity contribution in [2.75, 3.05) is 18.5 Å². The number of anilines is 1. The molecule has 1 rings (SSSR count). The van der Waals surface area contributed by atoms with Gasteiger partial charge in [0.1, 0.15) is 11.9 Å². The molecule has 0 radical (unpaired) electrons. The fourth-order valence-corrected chi connectivity index (χ4v) is 1.40. The van der Waals surface area contributed by atoms with Gasteiger partial charge in [0.2, 0.25) is 0 Å². The Hall–Kier alpha value is -1.64. The smallest absolute Gasteiger partial charge is 0.124 e. The summed E-state index contributed by atoms with van der Waals surface area (Å²) in [6, 6.07) is 5.80. The zero-order valence-corrected chi connectivity index (χ0v) is 11.4. The van der Waals surface area contributed by atoms with E-state index in [1.54, 1.807) is 0 Å². The van der Waals surface area contributed by atoms with E-state index in [9.17, 15) is 9.50 Å². The van der Waals surface area contributed by atoms with Crippen molar-refractivity contribution in [3.05, 3.63) is 29.6 Å². The third-order valence-corrected chi connectivity index (χ3v) is 2.34. The normalized spacial score (nSPS) is 12.8. The summed E-state index contributed by atoms with van der Waals surface area (Å²) in [5.74, 6) is -0.460. The lowest BCUT2D eigenvalue weighted by Gasteiger charge is -2.22. The second kappa shape index (κ2) is 6.50. The van der Waals surface area contributed by atoms with Crippen molar-refractivity contribution < 1.29 is 14.2 Å². The molecule has 19 heavy (non-hydrogen) atoms. The van der Waals surface area contributed by atoms with E-state index in [4.69, 9.17) is 10.00 Å². The van der Waals surface area contributed by atoms with E-state index in [2.05, 4.69) is 5.32 Å². The summed E-state index contributed by atoms with van der Waals surface area (Å²) in [5.41, 5.74) is 0.400. The molecule has 0 saturated heterocycles. The molecule has 2 N–H and O–H groups in total. The molecule has 0 saturated carbocycles. The maximum absolute atomic E-state index is 12.9. The topological polar surface area (TPSA) is 65.3 Å². The minimum absolute atomic E-state index is 0.194. The Morgan fingerprint density at radius 2 is 2.16 bits per heavy atom. The second-order valence-electron chi connectivity index (χ2n) is 5.26. The Balaban J connectivity index is 2.51. The van der Waals surface area contributed by atoms with Crippen molar-refractivity contribution in [2.24, 2.45) is 0 Å². The number of hydrogen-bond donors (Lipinski definition) is 2. The van der Waals surface area contributed by atoms with Gasteiger partial charge in [0, 0.05) is 6.54 Å². The standard InChI is InChI=1S/C14H19FN2O2/c1-14(2,3)19-9-12(18)8-17-13-5-4-11(15)6-10(13)7-16/h4-6,12,17-18H,8-9H2,1-3H3. The molecule has 5 heteroatoms. The van der Waals surface area contributed by atoms with Gasteiger partial charge < -0.3 is 15.2 Å². The summed E-state index contributed by atoms with van der Waals surface area (Å²) < 4.78 is 18.4. The number of nitrogens with one attached hydrogen (secondary N) is 1.